The molecule has 4 rings (SSSR count). The predicted molar refractivity (Wildman–Crippen MR) is 89.8 cm³/mol. The maximum absolute atomic E-state index is 6.18. The first kappa shape index (κ1) is 12.9. The van der Waals surface area contributed by atoms with Crippen molar-refractivity contribution in [3.63, 3.8) is 0 Å². The van der Waals surface area contributed by atoms with Crippen molar-refractivity contribution < 1.29 is 4.74 Å². The number of benzene rings is 3. The molecule has 0 amide bonds. The molecule has 3 aromatic rings. The first-order valence-corrected chi connectivity index (χ1v) is 7.50. The van der Waals surface area contributed by atoms with Crippen molar-refractivity contribution in [2.75, 3.05) is 0 Å². The average molecular weight is 284 g/mol. The van der Waals surface area contributed by atoms with Gasteiger partial charge in [0, 0.05) is 5.56 Å². The van der Waals surface area contributed by atoms with Crippen LogP contribution in [0, 0.1) is 0 Å². The molecule has 0 spiro atoms. The molecule has 0 bridgehead atoms. The summed E-state index contributed by atoms with van der Waals surface area (Å²) in [5, 5.41) is 0. The van der Waals surface area contributed by atoms with Gasteiger partial charge in [-0.2, -0.15) is 0 Å². The molecule has 0 radical (unpaired) electrons. The Labute approximate surface area is 130 Å². The number of fused-ring (bicyclic) bond motifs is 1. The van der Waals surface area contributed by atoms with Crippen LogP contribution < -0.4 is 4.74 Å². The Bertz CT molecular complexity index is 804. The lowest BCUT2D eigenvalue weighted by atomic mass is 9.99. The summed E-state index contributed by atoms with van der Waals surface area (Å²) in [5.41, 5.74) is 4.96. The van der Waals surface area contributed by atoms with E-state index in [9.17, 15) is 0 Å². The van der Waals surface area contributed by atoms with E-state index in [1.54, 1.807) is 0 Å². The molecular weight excluding hydrogens is 268 g/mol. The van der Waals surface area contributed by atoms with Gasteiger partial charge in [-0.1, -0.05) is 72.8 Å². The molecule has 0 unspecified atom stereocenters. The highest BCUT2D eigenvalue weighted by atomic mass is 16.5. The zero-order chi connectivity index (χ0) is 14.8. The Balaban J connectivity index is 1.75. The standard InChI is InChI=1S/C21H16O/c1-3-9-16(10-4-1)20-15-21(19-14-8-7-13-18(19)20)22-17-11-5-2-6-12-17/h1-15,21H/t21-/m0/s1. The van der Waals surface area contributed by atoms with Crippen molar-refractivity contribution in [3.05, 3.63) is 108 Å². The summed E-state index contributed by atoms with van der Waals surface area (Å²) in [4.78, 5) is 0. The van der Waals surface area contributed by atoms with Crippen LogP contribution in [0.25, 0.3) is 5.57 Å². The lowest BCUT2D eigenvalue weighted by Crippen LogP contribution is -2.02. The van der Waals surface area contributed by atoms with Gasteiger partial charge >= 0.3 is 0 Å². The lowest BCUT2D eigenvalue weighted by Gasteiger charge is -2.13. The van der Waals surface area contributed by atoms with Crippen LogP contribution in [0.2, 0.25) is 0 Å². The highest BCUT2D eigenvalue weighted by Crippen LogP contribution is 2.40. The van der Waals surface area contributed by atoms with Crippen molar-refractivity contribution in [2.24, 2.45) is 0 Å². The van der Waals surface area contributed by atoms with Crippen molar-refractivity contribution in [3.8, 4) is 5.75 Å². The number of hydrogen-bond donors (Lipinski definition) is 0. The Morgan fingerprint density at radius 2 is 1.27 bits per heavy atom. The number of ether oxygens (including phenoxy) is 1. The minimum Gasteiger partial charge on any atom is -0.482 e. The fourth-order valence-electron chi connectivity index (χ4n) is 2.93. The van der Waals surface area contributed by atoms with Gasteiger partial charge in [-0.15, -0.1) is 0 Å². The van der Waals surface area contributed by atoms with Gasteiger partial charge < -0.3 is 4.74 Å². The van der Waals surface area contributed by atoms with E-state index in [2.05, 4.69) is 54.6 Å². The van der Waals surface area contributed by atoms with E-state index in [0.29, 0.717) is 0 Å². The van der Waals surface area contributed by atoms with Crippen LogP contribution in [0.5, 0.6) is 5.75 Å². The molecule has 106 valence electrons. The third-order valence-electron chi connectivity index (χ3n) is 3.97. The van der Waals surface area contributed by atoms with Crippen LogP contribution in [0.4, 0.5) is 0 Å². The highest BCUT2D eigenvalue weighted by molar-refractivity contribution is 5.85. The molecule has 1 aliphatic rings. The van der Waals surface area contributed by atoms with Crippen LogP contribution in [-0.4, -0.2) is 0 Å². The number of para-hydroxylation sites is 1. The maximum atomic E-state index is 6.18. The quantitative estimate of drug-likeness (QED) is 0.638. The molecule has 0 saturated heterocycles. The monoisotopic (exact) mass is 284 g/mol. The molecule has 1 aliphatic carbocycles. The van der Waals surface area contributed by atoms with Crippen LogP contribution in [0.15, 0.2) is 91.0 Å². The zero-order valence-electron chi connectivity index (χ0n) is 12.1. The summed E-state index contributed by atoms with van der Waals surface area (Å²) in [6, 6.07) is 28.9. The molecule has 0 fully saturated rings. The van der Waals surface area contributed by atoms with Gasteiger partial charge in [0.15, 0.2) is 0 Å². The average Bonchev–Trinajstić information content (AvgIpc) is 2.96. The molecule has 0 N–H and O–H groups in total. The van der Waals surface area contributed by atoms with Crippen molar-refractivity contribution >= 4 is 5.57 Å². The Morgan fingerprint density at radius 3 is 2.05 bits per heavy atom. The lowest BCUT2D eigenvalue weighted by molar-refractivity contribution is 0.259. The van der Waals surface area contributed by atoms with Crippen LogP contribution in [0.3, 0.4) is 0 Å². The largest absolute Gasteiger partial charge is 0.482 e. The number of rotatable bonds is 3. The predicted octanol–water partition coefficient (Wildman–Crippen LogP) is 5.25. The Hall–Kier alpha value is -2.80. The van der Waals surface area contributed by atoms with Crippen LogP contribution in [-0.2, 0) is 0 Å². The molecule has 22 heavy (non-hydrogen) atoms. The van der Waals surface area contributed by atoms with Gasteiger partial charge in [0.05, 0.1) is 0 Å². The summed E-state index contributed by atoms with van der Waals surface area (Å²) >= 11 is 0. The third kappa shape index (κ3) is 2.31. The van der Waals surface area contributed by atoms with E-state index in [4.69, 9.17) is 4.74 Å². The molecule has 0 aromatic heterocycles. The second kappa shape index (κ2) is 5.53. The third-order valence-corrected chi connectivity index (χ3v) is 3.97. The summed E-state index contributed by atoms with van der Waals surface area (Å²) < 4.78 is 6.18. The smallest absolute Gasteiger partial charge is 0.143 e. The molecule has 3 aromatic carbocycles. The van der Waals surface area contributed by atoms with E-state index >= 15 is 0 Å². The molecular formula is C21H16O. The van der Waals surface area contributed by atoms with E-state index in [1.165, 1.54) is 22.3 Å². The van der Waals surface area contributed by atoms with Gasteiger partial charge in [-0.3, -0.25) is 0 Å². The number of hydrogen-bond acceptors (Lipinski definition) is 1. The van der Waals surface area contributed by atoms with Gasteiger partial charge in [0.2, 0.25) is 0 Å². The fourth-order valence-corrected chi connectivity index (χ4v) is 2.93. The van der Waals surface area contributed by atoms with Gasteiger partial charge in [-0.05, 0) is 34.9 Å². The second-order valence-corrected chi connectivity index (χ2v) is 5.39. The molecule has 1 nitrogen and oxygen atoms in total. The molecule has 1 heteroatoms. The molecule has 0 saturated carbocycles. The first-order chi connectivity index (χ1) is 10.9. The second-order valence-electron chi connectivity index (χ2n) is 5.39. The fraction of sp³-hybridized carbons (Fsp3) is 0.0476. The minimum atomic E-state index is -0.0335. The summed E-state index contributed by atoms with van der Waals surface area (Å²) in [6.07, 6.45) is 2.18. The SMILES string of the molecule is C1=C(c2ccccc2)c2ccccc2[C@H]1Oc1ccccc1. The van der Waals surface area contributed by atoms with Crippen molar-refractivity contribution in [1.29, 1.82) is 0 Å². The van der Waals surface area contributed by atoms with Gasteiger partial charge in [0.25, 0.3) is 0 Å². The van der Waals surface area contributed by atoms with E-state index < -0.39 is 0 Å². The zero-order valence-corrected chi connectivity index (χ0v) is 12.1. The molecule has 0 aliphatic heterocycles. The van der Waals surface area contributed by atoms with Crippen LogP contribution >= 0.6 is 0 Å². The topological polar surface area (TPSA) is 9.23 Å². The highest BCUT2D eigenvalue weighted by Gasteiger charge is 2.25. The van der Waals surface area contributed by atoms with E-state index in [0.717, 1.165) is 5.75 Å². The van der Waals surface area contributed by atoms with Crippen molar-refractivity contribution in [1.82, 2.24) is 0 Å². The van der Waals surface area contributed by atoms with E-state index in [-0.39, 0.29) is 6.10 Å². The first-order valence-electron chi connectivity index (χ1n) is 7.50. The van der Waals surface area contributed by atoms with E-state index in [1.807, 2.05) is 36.4 Å². The van der Waals surface area contributed by atoms with Gasteiger partial charge in [-0.25, -0.2) is 0 Å². The summed E-state index contributed by atoms with van der Waals surface area (Å²) in [5.74, 6) is 0.896. The Morgan fingerprint density at radius 1 is 0.636 bits per heavy atom. The van der Waals surface area contributed by atoms with Crippen LogP contribution in [0.1, 0.15) is 22.8 Å². The normalized spacial score (nSPS) is 16.0. The Kier molecular flexibility index (Phi) is 3.24. The maximum Gasteiger partial charge on any atom is 0.143 e. The van der Waals surface area contributed by atoms with Gasteiger partial charge in [0.1, 0.15) is 11.9 Å². The molecule has 0 heterocycles. The molecule has 1 atom stereocenters. The summed E-state index contributed by atoms with van der Waals surface area (Å²) in [7, 11) is 0. The summed E-state index contributed by atoms with van der Waals surface area (Å²) in [6.45, 7) is 0. The van der Waals surface area contributed by atoms with Crippen molar-refractivity contribution in [2.45, 2.75) is 6.10 Å². The minimum absolute atomic E-state index is 0.0335.